The van der Waals surface area contributed by atoms with E-state index in [0.29, 0.717) is 18.5 Å². The monoisotopic (exact) mass is 359 g/mol. The van der Waals surface area contributed by atoms with Crippen LogP contribution >= 0.6 is 0 Å². The Labute approximate surface area is 148 Å². The molecule has 4 rings (SSSR count). The summed E-state index contributed by atoms with van der Waals surface area (Å²) in [6, 6.07) is 0. The summed E-state index contributed by atoms with van der Waals surface area (Å²) >= 11 is 0. The second-order valence-electron chi connectivity index (χ2n) is 6.60. The van der Waals surface area contributed by atoms with Crippen LogP contribution in [0.15, 0.2) is 65.8 Å². The van der Waals surface area contributed by atoms with E-state index in [1.165, 1.54) is 23.5 Å². The third-order valence-corrected chi connectivity index (χ3v) is 4.94. The van der Waals surface area contributed by atoms with Crippen molar-refractivity contribution in [3.8, 4) is 0 Å². The number of hydrogen-bond acceptors (Lipinski definition) is 3. The van der Waals surface area contributed by atoms with Crippen LogP contribution in [0.25, 0.3) is 0 Å². The van der Waals surface area contributed by atoms with E-state index in [2.05, 4.69) is 9.97 Å². The average Bonchev–Trinajstić information content (AvgIpc) is 3.20. The molecule has 0 spiro atoms. The van der Waals surface area contributed by atoms with Crippen molar-refractivity contribution in [2.24, 2.45) is 11.8 Å². The largest absolute Gasteiger partial charge is 0.392 e. The summed E-state index contributed by atoms with van der Waals surface area (Å²) in [7, 11) is 0. The van der Waals surface area contributed by atoms with Crippen LogP contribution in [0.1, 0.15) is 23.3 Å². The van der Waals surface area contributed by atoms with Gasteiger partial charge in [0, 0.05) is 24.5 Å². The third kappa shape index (κ3) is 2.98. The Morgan fingerprint density at radius 1 is 1.23 bits per heavy atom. The second kappa shape index (κ2) is 6.23. The van der Waals surface area contributed by atoms with Crippen molar-refractivity contribution in [3.63, 3.8) is 0 Å². The molecule has 134 valence electrons. The number of nitrogens with zero attached hydrogens (tertiary/aromatic N) is 3. The van der Waals surface area contributed by atoms with E-state index in [1.54, 1.807) is 24.4 Å². The molecule has 0 fully saturated rings. The fraction of sp³-hybridized carbons (Fsp3) is 0.316. The topological polar surface area (TPSA) is 46.1 Å². The fourth-order valence-corrected chi connectivity index (χ4v) is 3.68. The number of aromatic nitrogens is 2. The molecule has 3 aliphatic rings. The smallest absolute Gasteiger partial charge is 0.309 e. The summed E-state index contributed by atoms with van der Waals surface area (Å²) in [5.41, 5.74) is 2.55. The highest BCUT2D eigenvalue weighted by Gasteiger charge is 2.45. The van der Waals surface area contributed by atoms with Gasteiger partial charge in [0.1, 0.15) is 5.69 Å². The molecule has 26 heavy (non-hydrogen) atoms. The maximum atomic E-state index is 13.3. The van der Waals surface area contributed by atoms with Crippen molar-refractivity contribution in [1.82, 2.24) is 14.9 Å². The number of amides is 1. The Balaban J connectivity index is 1.56. The van der Waals surface area contributed by atoms with E-state index in [1.807, 2.05) is 6.08 Å². The minimum atomic E-state index is -4.21. The summed E-state index contributed by atoms with van der Waals surface area (Å²) in [4.78, 5) is 21.8. The summed E-state index contributed by atoms with van der Waals surface area (Å²) in [6.07, 6.45) is 9.38. The van der Waals surface area contributed by atoms with E-state index in [9.17, 15) is 18.0 Å². The van der Waals surface area contributed by atoms with Crippen molar-refractivity contribution in [3.05, 3.63) is 71.5 Å². The number of allylic oxidation sites excluding steroid dienone is 5. The van der Waals surface area contributed by atoms with E-state index < -0.39 is 18.0 Å². The van der Waals surface area contributed by atoms with Gasteiger partial charge in [0.05, 0.1) is 18.7 Å². The molecule has 1 amide bonds. The van der Waals surface area contributed by atoms with Crippen molar-refractivity contribution in [2.45, 2.75) is 19.0 Å². The van der Waals surface area contributed by atoms with Crippen molar-refractivity contribution >= 4 is 5.91 Å². The Morgan fingerprint density at radius 2 is 2.08 bits per heavy atom. The zero-order chi connectivity index (χ0) is 18.3. The van der Waals surface area contributed by atoms with E-state index >= 15 is 0 Å². The van der Waals surface area contributed by atoms with E-state index in [4.69, 9.17) is 0 Å². The molecule has 0 bridgehead atoms. The normalized spacial score (nSPS) is 24.9. The zero-order valence-electron chi connectivity index (χ0n) is 13.8. The lowest BCUT2D eigenvalue weighted by atomic mass is 9.79. The molecule has 1 aromatic rings. The molecule has 0 N–H and O–H groups in total. The number of hydrogen-bond donors (Lipinski definition) is 0. The molecule has 2 atom stereocenters. The highest BCUT2D eigenvalue weighted by atomic mass is 19.4. The summed E-state index contributed by atoms with van der Waals surface area (Å²) < 4.78 is 40.0. The third-order valence-electron chi connectivity index (χ3n) is 4.94. The molecule has 0 radical (unpaired) electrons. The molecule has 1 aliphatic heterocycles. The number of fused-ring (bicyclic) bond motifs is 1. The van der Waals surface area contributed by atoms with Gasteiger partial charge in [-0.25, -0.2) is 4.98 Å². The number of halogens is 3. The minimum Gasteiger partial charge on any atom is -0.309 e. The lowest BCUT2D eigenvalue weighted by molar-refractivity contribution is -0.184. The molecule has 0 aromatic carbocycles. The molecular formula is C19H16F3N3O. The van der Waals surface area contributed by atoms with Gasteiger partial charge in [-0.3, -0.25) is 9.78 Å². The van der Waals surface area contributed by atoms with Crippen molar-refractivity contribution in [1.29, 1.82) is 0 Å². The van der Waals surface area contributed by atoms with Crippen LogP contribution in [0.2, 0.25) is 0 Å². The first-order valence-electron chi connectivity index (χ1n) is 8.38. The standard InChI is InChI=1S/C19H16F3N3O/c20-19(21,22)16-4-2-1-3-15(16)12-7-13-10-25(11-14(13)8-12)18(26)17-9-23-5-6-24-17/h1,3,5-10,15-16H,2,4,11H2. The highest BCUT2D eigenvalue weighted by molar-refractivity contribution is 5.93. The van der Waals surface area contributed by atoms with Crippen LogP contribution in [-0.4, -0.2) is 33.5 Å². The van der Waals surface area contributed by atoms with Gasteiger partial charge in [0.2, 0.25) is 0 Å². The van der Waals surface area contributed by atoms with Gasteiger partial charge >= 0.3 is 6.18 Å². The zero-order valence-corrected chi connectivity index (χ0v) is 13.8. The van der Waals surface area contributed by atoms with Gasteiger partial charge < -0.3 is 4.90 Å². The number of rotatable bonds is 2. The lowest BCUT2D eigenvalue weighted by Gasteiger charge is -2.30. The number of carbonyl (C=O) groups is 1. The minimum absolute atomic E-state index is 0.113. The Hall–Kier alpha value is -2.70. The average molecular weight is 359 g/mol. The summed E-state index contributed by atoms with van der Waals surface area (Å²) in [5, 5.41) is 0. The first-order valence-corrected chi connectivity index (χ1v) is 8.38. The molecule has 2 unspecified atom stereocenters. The molecule has 4 nitrogen and oxygen atoms in total. The first-order chi connectivity index (χ1) is 12.4. The van der Waals surface area contributed by atoms with Gasteiger partial charge in [-0.15, -0.1) is 0 Å². The lowest BCUT2D eigenvalue weighted by Crippen LogP contribution is -2.31. The molecule has 1 aromatic heterocycles. The first kappa shape index (κ1) is 16.8. The van der Waals surface area contributed by atoms with Gasteiger partial charge in [-0.1, -0.05) is 18.2 Å². The van der Waals surface area contributed by atoms with Crippen LogP contribution < -0.4 is 0 Å². The van der Waals surface area contributed by atoms with Crippen LogP contribution in [0.4, 0.5) is 13.2 Å². The second-order valence-corrected chi connectivity index (χ2v) is 6.60. The number of carbonyl (C=O) groups excluding carboxylic acids is 1. The molecule has 2 aliphatic carbocycles. The quantitative estimate of drug-likeness (QED) is 0.754. The summed E-state index contributed by atoms with van der Waals surface area (Å²) in [6.45, 7) is 0.331. The Bertz CT molecular complexity index is 853. The van der Waals surface area contributed by atoms with E-state index in [0.717, 1.165) is 11.1 Å². The van der Waals surface area contributed by atoms with Crippen LogP contribution in [0.3, 0.4) is 0 Å². The Morgan fingerprint density at radius 3 is 2.77 bits per heavy atom. The SMILES string of the molecule is O=C(c1cnccn1)N1C=C2C=C(C3C=CCCC3C(F)(F)F)C=C2C1. The fourth-order valence-electron chi connectivity index (χ4n) is 3.68. The molecular weight excluding hydrogens is 343 g/mol. The molecule has 2 heterocycles. The predicted molar refractivity (Wildman–Crippen MR) is 88.7 cm³/mol. The summed E-state index contributed by atoms with van der Waals surface area (Å²) in [5.74, 6) is -2.29. The molecule has 0 saturated carbocycles. The van der Waals surface area contributed by atoms with Crippen molar-refractivity contribution < 1.29 is 18.0 Å². The van der Waals surface area contributed by atoms with Gasteiger partial charge in [0.15, 0.2) is 0 Å². The predicted octanol–water partition coefficient (Wildman–Crippen LogP) is 3.83. The van der Waals surface area contributed by atoms with Crippen LogP contribution in [-0.2, 0) is 0 Å². The number of alkyl halides is 3. The molecule has 0 saturated heterocycles. The van der Waals surface area contributed by atoms with Crippen LogP contribution in [0, 0.1) is 11.8 Å². The van der Waals surface area contributed by atoms with Gasteiger partial charge in [-0.05, 0) is 35.6 Å². The van der Waals surface area contributed by atoms with Gasteiger partial charge in [-0.2, -0.15) is 13.2 Å². The maximum absolute atomic E-state index is 13.3. The van der Waals surface area contributed by atoms with Gasteiger partial charge in [0.25, 0.3) is 5.91 Å². The van der Waals surface area contributed by atoms with E-state index in [-0.39, 0.29) is 18.0 Å². The Kier molecular flexibility index (Phi) is 4.01. The van der Waals surface area contributed by atoms with Crippen LogP contribution in [0.5, 0.6) is 0 Å². The van der Waals surface area contributed by atoms with Crippen molar-refractivity contribution in [2.75, 3.05) is 6.54 Å². The maximum Gasteiger partial charge on any atom is 0.392 e. The highest BCUT2D eigenvalue weighted by Crippen LogP contribution is 2.45. The molecule has 7 heteroatoms.